The van der Waals surface area contributed by atoms with Gasteiger partial charge in [0.1, 0.15) is 29.2 Å². The lowest BCUT2D eigenvalue weighted by atomic mass is 9.75. The predicted octanol–water partition coefficient (Wildman–Crippen LogP) is 0.863. The molecule has 3 fully saturated rings. The summed E-state index contributed by atoms with van der Waals surface area (Å²) in [4.78, 5) is 11.3. The smallest absolute Gasteiger partial charge is 0.291 e. The maximum Gasteiger partial charge on any atom is 0.291 e. The molecule has 6 heterocycles. The Hall–Kier alpha value is -2.66. The molecule has 4 aliphatic rings. The van der Waals surface area contributed by atoms with Gasteiger partial charge in [-0.15, -0.1) is 0 Å². The van der Waals surface area contributed by atoms with Crippen molar-refractivity contribution in [1.29, 1.82) is 5.26 Å². The van der Waals surface area contributed by atoms with Crippen LogP contribution >= 0.6 is 0 Å². The third-order valence-corrected chi connectivity index (χ3v) is 5.40. The summed E-state index contributed by atoms with van der Waals surface area (Å²) in [5, 5.41) is 16.4. The van der Waals surface area contributed by atoms with Gasteiger partial charge in [0, 0.05) is 12.5 Å². The van der Waals surface area contributed by atoms with Crippen molar-refractivity contribution in [3.8, 4) is 6.07 Å². The third kappa shape index (κ3) is 1.91. The molecule has 0 amide bonds. The van der Waals surface area contributed by atoms with Gasteiger partial charge in [0.15, 0.2) is 5.82 Å². The maximum atomic E-state index is 9.12. The topological polar surface area (TPSA) is 90.8 Å². The number of hydrogen-bond donors (Lipinski definition) is 1. The minimum absolute atomic E-state index is 0.179. The zero-order chi connectivity index (χ0) is 16.1. The highest BCUT2D eigenvalue weighted by Gasteiger charge is 2.51. The number of fused-ring (bicyclic) bond motifs is 3. The van der Waals surface area contributed by atoms with Gasteiger partial charge in [0.2, 0.25) is 0 Å². The maximum absolute atomic E-state index is 9.12. The first-order chi connectivity index (χ1) is 11.8. The number of piperidine rings is 3. The van der Waals surface area contributed by atoms with E-state index in [4.69, 9.17) is 10.00 Å². The molecular weight excluding hydrogens is 306 g/mol. The van der Waals surface area contributed by atoms with E-state index < -0.39 is 0 Å². The number of hydrogen-bond acceptors (Lipinski definition) is 7. The van der Waals surface area contributed by atoms with E-state index in [2.05, 4.69) is 31.4 Å². The number of amidine groups is 1. The Kier molecular flexibility index (Phi) is 2.82. The van der Waals surface area contributed by atoms with Crippen LogP contribution < -0.4 is 5.32 Å². The first kappa shape index (κ1) is 13.7. The quantitative estimate of drug-likeness (QED) is 0.837. The summed E-state index contributed by atoms with van der Waals surface area (Å²) < 4.78 is 7.84. The first-order valence-corrected chi connectivity index (χ1v) is 8.23. The second-order valence-corrected chi connectivity index (χ2v) is 6.70. The van der Waals surface area contributed by atoms with Gasteiger partial charge in [-0.1, -0.05) is 0 Å². The van der Waals surface area contributed by atoms with Crippen molar-refractivity contribution in [2.75, 3.05) is 31.5 Å². The minimum atomic E-state index is -0.179. The summed E-state index contributed by atoms with van der Waals surface area (Å²) in [5.41, 5.74) is 1.02. The molecule has 1 N–H and O–H groups in total. The highest BCUT2D eigenvalue weighted by molar-refractivity contribution is 5.93. The van der Waals surface area contributed by atoms with Crippen LogP contribution in [0, 0.1) is 17.2 Å². The fourth-order valence-electron chi connectivity index (χ4n) is 4.16. The molecule has 24 heavy (non-hydrogen) atoms. The summed E-state index contributed by atoms with van der Waals surface area (Å²) in [7, 11) is 0. The molecular formula is C16H17N7O. The van der Waals surface area contributed by atoms with E-state index in [1.54, 1.807) is 10.6 Å². The summed E-state index contributed by atoms with van der Waals surface area (Å²) in [6.07, 6.45) is 3.80. The van der Waals surface area contributed by atoms with Crippen LogP contribution in [-0.2, 0) is 4.74 Å². The van der Waals surface area contributed by atoms with E-state index >= 15 is 0 Å². The Balaban J connectivity index is 1.40. The molecule has 1 spiro atoms. The molecule has 0 unspecified atom stereocenters. The zero-order valence-corrected chi connectivity index (χ0v) is 13.1. The zero-order valence-electron chi connectivity index (χ0n) is 13.1. The summed E-state index contributed by atoms with van der Waals surface area (Å²) in [6, 6.07) is 6.17. The molecule has 2 aromatic rings. The monoisotopic (exact) mass is 323 g/mol. The van der Waals surface area contributed by atoms with Crippen LogP contribution in [0.5, 0.6) is 0 Å². The van der Waals surface area contributed by atoms with E-state index in [1.165, 1.54) is 32.3 Å². The van der Waals surface area contributed by atoms with Crippen molar-refractivity contribution in [2.24, 2.45) is 10.9 Å². The lowest BCUT2D eigenvalue weighted by Gasteiger charge is -2.50. The molecule has 2 aromatic heterocycles. The van der Waals surface area contributed by atoms with Crippen LogP contribution in [0.2, 0.25) is 0 Å². The number of nitrogens with zero attached hydrogens (tertiary/aromatic N) is 6. The molecule has 0 aromatic carbocycles. The molecule has 6 rings (SSSR count). The molecule has 2 bridgehead atoms. The number of aromatic nitrogens is 3. The SMILES string of the molecule is N#Cc1ccc2c(NC3=NC[C@@]4(CN5CCC4CC5)O3)ncnn12. The number of rotatable bonds is 1. The van der Waals surface area contributed by atoms with E-state index in [-0.39, 0.29) is 5.60 Å². The number of nitriles is 1. The van der Waals surface area contributed by atoms with Crippen LogP contribution in [0.25, 0.3) is 5.52 Å². The van der Waals surface area contributed by atoms with Crippen molar-refractivity contribution >= 4 is 17.4 Å². The second-order valence-electron chi connectivity index (χ2n) is 6.70. The Morgan fingerprint density at radius 1 is 1.33 bits per heavy atom. The van der Waals surface area contributed by atoms with E-state index in [0.29, 0.717) is 30.0 Å². The second kappa shape index (κ2) is 4.92. The molecule has 1 atom stereocenters. The largest absolute Gasteiger partial charge is 0.455 e. The van der Waals surface area contributed by atoms with Crippen molar-refractivity contribution in [3.63, 3.8) is 0 Å². The van der Waals surface area contributed by atoms with Gasteiger partial charge in [-0.05, 0) is 38.1 Å². The van der Waals surface area contributed by atoms with Crippen LogP contribution in [0.3, 0.4) is 0 Å². The summed E-state index contributed by atoms with van der Waals surface area (Å²) in [6.45, 7) is 4.00. The van der Waals surface area contributed by atoms with Crippen LogP contribution in [0.1, 0.15) is 18.5 Å². The van der Waals surface area contributed by atoms with Crippen molar-refractivity contribution in [2.45, 2.75) is 18.4 Å². The number of anilines is 1. The lowest BCUT2D eigenvalue weighted by molar-refractivity contribution is -0.0829. The molecule has 0 radical (unpaired) electrons. The van der Waals surface area contributed by atoms with Gasteiger partial charge < -0.3 is 4.74 Å². The third-order valence-electron chi connectivity index (χ3n) is 5.40. The highest BCUT2D eigenvalue weighted by Crippen LogP contribution is 2.40. The Labute approximate surface area is 138 Å². The number of aliphatic imine (C=N–C) groups is 1. The fourth-order valence-corrected chi connectivity index (χ4v) is 4.16. The van der Waals surface area contributed by atoms with Crippen LogP contribution in [0.4, 0.5) is 5.82 Å². The van der Waals surface area contributed by atoms with Gasteiger partial charge in [-0.2, -0.15) is 10.4 Å². The summed E-state index contributed by atoms with van der Waals surface area (Å²) in [5.74, 6) is 1.18. The van der Waals surface area contributed by atoms with Gasteiger partial charge in [0.25, 0.3) is 6.02 Å². The van der Waals surface area contributed by atoms with E-state index in [9.17, 15) is 0 Å². The number of nitrogens with one attached hydrogen (secondary N) is 1. The Morgan fingerprint density at radius 2 is 2.21 bits per heavy atom. The molecule has 0 saturated carbocycles. The summed E-state index contributed by atoms with van der Waals surface area (Å²) >= 11 is 0. The average Bonchev–Trinajstić information content (AvgIpc) is 3.21. The standard InChI is InChI=1S/C16H17N7O/c17-7-12-1-2-13-14(19-10-20-23(12)13)21-15-18-8-16(24-15)9-22-5-3-11(16)4-6-22/h1-2,10-11H,3-6,8-9H2,(H,18,19,20,21)/t16-/m0/s1. The molecule has 8 nitrogen and oxygen atoms in total. The fraction of sp³-hybridized carbons (Fsp3) is 0.500. The average molecular weight is 323 g/mol. The van der Waals surface area contributed by atoms with Gasteiger partial charge in [0.05, 0.1) is 6.54 Å². The molecule has 3 saturated heterocycles. The normalized spacial score (nSPS) is 31.0. The lowest BCUT2D eigenvalue weighted by Crippen LogP contribution is -2.61. The van der Waals surface area contributed by atoms with Gasteiger partial charge >= 0.3 is 0 Å². The minimum Gasteiger partial charge on any atom is -0.455 e. The van der Waals surface area contributed by atoms with Crippen molar-refractivity contribution < 1.29 is 4.74 Å². The molecule has 0 aliphatic carbocycles. The van der Waals surface area contributed by atoms with E-state index in [0.717, 1.165) is 12.1 Å². The predicted molar refractivity (Wildman–Crippen MR) is 86.6 cm³/mol. The van der Waals surface area contributed by atoms with Gasteiger partial charge in [-0.3, -0.25) is 10.2 Å². The Morgan fingerprint density at radius 3 is 2.96 bits per heavy atom. The molecule has 8 heteroatoms. The highest BCUT2D eigenvalue weighted by atomic mass is 16.5. The van der Waals surface area contributed by atoms with Crippen molar-refractivity contribution in [1.82, 2.24) is 19.5 Å². The van der Waals surface area contributed by atoms with Crippen LogP contribution in [0.15, 0.2) is 23.5 Å². The van der Waals surface area contributed by atoms with Crippen molar-refractivity contribution in [3.05, 3.63) is 24.2 Å². The van der Waals surface area contributed by atoms with Crippen LogP contribution in [-0.4, -0.2) is 57.3 Å². The Bertz CT molecular complexity index is 874. The molecule has 4 aliphatic heterocycles. The molecule has 122 valence electrons. The number of ether oxygens (including phenoxy) is 1. The van der Waals surface area contributed by atoms with Gasteiger partial charge in [-0.25, -0.2) is 14.5 Å². The first-order valence-electron chi connectivity index (χ1n) is 8.23. The van der Waals surface area contributed by atoms with E-state index in [1.807, 2.05) is 6.07 Å².